The minimum atomic E-state index is -0.165. The zero-order valence-electron chi connectivity index (χ0n) is 13.9. The molecular formula is C17H21N5O2. The van der Waals surface area contributed by atoms with Crippen molar-refractivity contribution in [3.05, 3.63) is 52.2 Å². The molecule has 1 fully saturated rings. The molecule has 0 spiro atoms. The molecule has 2 aromatic heterocycles. The highest BCUT2D eigenvalue weighted by atomic mass is 16.2. The molecule has 1 aliphatic rings. The summed E-state index contributed by atoms with van der Waals surface area (Å²) in [6, 6.07) is 7.10. The number of amides is 1. The molecule has 0 bridgehead atoms. The van der Waals surface area contributed by atoms with Gasteiger partial charge in [-0.05, 0) is 18.6 Å². The second-order valence-electron chi connectivity index (χ2n) is 6.21. The van der Waals surface area contributed by atoms with E-state index in [4.69, 9.17) is 0 Å². The topological polar surface area (TPSA) is 82.2 Å². The van der Waals surface area contributed by atoms with Crippen LogP contribution in [0.1, 0.15) is 23.7 Å². The minimum Gasteiger partial charge on any atom is -0.348 e. The number of aromatic amines is 1. The van der Waals surface area contributed by atoms with Crippen molar-refractivity contribution in [1.82, 2.24) is 19.9 Å². The fourth-order valence-electron chi connectivity index (χ4n) is 2.88. The number of aromatic nitrogens is 3. The molecular weight excluding hydrogens is 306 g/mol. The van der Waals surface area contributed by atoms with Crippen molar-refractivity contribution < 1.29 is 4.79 Å². The molecule has 0 aliphatic carbocycles. The third-order valence-corrected chi connectivity index (χ3v) is 4.19. The third kappa shape index (κ3) is 3.61. The van der Waals surface area contributed by atoms with E-state index in [2.05, 4.69) is 15.0 Å². The van der Waals surface area contributed by atoms with Crippen LogP contribution in [0.15, 0.2) is 35.3 Å². The number of likely N-dealkylation sites (tertiary alicyclic amines) is 1. The van der Waals surface area contributed by atoms with E-state index in [0.29, 0.717) is 25.5 Å². The molecule has 1 amide bonds. The summed E-state index contributed by atoms with van der Waals surface area (Å²) >= 11 is 0. The third-order valence-electron chi connectivity index (χ3n) is 4.19. The quantitative estimate of drug-likeness (QED) is 0.898. The van der Waals surface area contributed by atoms with Crippen LogP contribution in [-0.4, -0.2) is 52.9 Å². The van der Waals surface area contributed by atoms with Crippen molar-refractivity contribution in [3.8, 4) is 0 Å². The normalized spacial score (nSPS) is 17.1. The van der Waals surface area contributed by atoms with Gasteiger partial charge in [-0.25, -0.2) is 4.98 Å². The number of hydrogen-bond donors (Lipinski definition) is 1. The Morgan fingerprint density at radius 1 is 1.42 bits per heavy atom. The Balaban J connectivity index is 1.69. The van der Waals surface area contributed by atoms with Crippen molar-refractivity contribution >= 4 is 11.9 Å². The second kappa shape index (κ2) is 6.82. The second-order valence-corrected chi connectivity index (χ2v) is 6.21. The van der Waals surface area contributed by atoms with Gasteiger partial charge in [0.15, 0.2) is 0 Å². The van der Waals surface area contributed by atoms with Crippen LogP contribution in [0.3, 0.4) is 0 Å². The van der Waals surface area contributed by atoms with Crippen molar-refractivity contribution in [2.24, 2.45) is 0 Å². The molecule has 0 saturated carbocycles. The summed E-state index contributed by atoms with van der Waals surface area (Å²) in [6.45, 7) is 1.27. The van der Waals surface area contributed by atoms with Gasteiger partial charge in [0, 0.05) is 51.1 Å². The number of anilines is 1. The van der Waals surface area contributed by atoms with Crippen LogP contribution in [0.25, 0.3) is 0 Å². The minimum absolute atomic E-state index is 0.0638. The molecule has 1 N–H and O–H groups in total. The standard InChI is InChI=1S/C17H21N5O2/c1-21(2)17-19-14(10-15(23)20-17)12-6-8-22(11-12)16(24)9-13-5-3-4-7-18-13/h3-5,7,10,12H,6,8-9,11H2,1-2H3,(H,19,20,23)/t12-/m0/s1. The zero-order valence-corrected chi connectivity index (χ0v) is 13.9. The van der Waals surface area contributed by atoms with Crippen LogP contribution in [0.4, 0.5) is 5.95 Å². The fraction of sp³-hybridized carbons (Fsp3) is 0.412. The Bertz CT molecular complexity index is 772. The largest absolute Gasteiger partial charge is 0.348 e. The molecule has 2 aromatic rings. The van der Waals surface area contributed by atoms with Crippen LogP contribution >= 0.6 is 0 Å². The first kappa shape index (κ1) is 16.2. The molecule has 1 aliphatic heterocycles. The van der Waals surface area contributed by atoms with Crippen molar-refractivity contribution in [1.29, 1.82) is 0 Å². The van der Waals surface area contributed by atoms with Gasteiger partial charge >= 0.3 is 0 Å². The van der Waals surface area contributed by atoms with E-state index in [0.717, 1.165) is 17.8 Å². The monoisotopic (exact) mass is 327 g/mol. The molecule has 3 rings (SSSR count). The lowest BCUT2D eigenvalue weighted by Crippen LogP contribution is -2.30. The van der Waals surface area contributed by atoms with Crippen LogP contribution in [0, 0.1) is 0 Å². The van der Waals surface area contributed by atoms with Gasteiger partial charge in [-0.1, -0.05) is 6.07 Å². The first-order valence-corrected chi connectivity index (χ1v) is 7.99. The molecule has 126 valence electrons. The molecule has 1 saturated heterocycles. The van der Waals surface area contributed by atoms with Gasteiger partial charge in [0.05, 0.1) is 12.1 Å². The van der Waals surface area contributed by atoms with Crippen LogP contribution in [0.5, 0.6) is 0 Å². The molecule has 1 atom stereocenters. The molecule has 0 aromatic carbocycles. The van der Waals surface area contributed by atoms with Gasteiger partial charge in [0.1, 0.15) is 0 Å². The summed E-state index contributed by atoms with van der Waals surface area (Å²) in [5, 5.41) is 0. The van der Waals surface area contributed by atoms with Gasteiger partial charge in [-0.15, -0.1) is 0 Å². The Labute approximate surface area is 140 Å². The summed E-state index contributed by atoms with van der Waals surface area (Å²) in [6.07, 6.45) is 2.81. The predicted molar refractivity (Wildman–Crippen MR) is 91.1 cm³/mol. The SMILES string of the molecule is CN(C)c1nc([C@H]2CCN(C(=O)Cc3ccccn3)C2)cc(=O)[nH]1. The molecule has 7 heteroatoms. The van der Waals surface area contributed by atoms with Gasteiger partial charge in [0.2, 0.25) is 11.9 Å². The maximum absolute atomic E-state index is 12.4. The summed E-state index contributed by atoms with van der Waals surface area (Å²) in [5.74, 6) is 0.698. The summed E-state index contributed by atoms with van der Waals surface area (Å²) in [5.41, 5.74) is 1.35. The highest BCUT2D eigenvalue weighted by Crippen LogP contribution is 2.26. The molecule has 0 radical (unpaired) electrons. The summed E-state index contributed by atoms with van der Waals surface area (Å²) < 4.78 is 0. The maximum Gasteiger partial charge on any atom is 0.252 e. The molecule has 0 unspecified atom stereocenters. The Kier molecular flexibility index (Phi) is 4.59. The lowest BCUT2D eigenvalue weighted by molar-refractivity contribution is -0.129. The van der Waals surface area contributed by atoms with Crippen molar-refractivity contribution in [3.63, 3.8) is 0 Å². The van der Waals surface area contributed by atoms with Crippen molar-refractivity contribution in [2.75, 3.05) is 32.1 Å². The Morgan fingerprint density at radius 2 is 2.25 bits per heavy atom. The number of pyridine rings is 1. The number of carbonyl (C=O) groups is 1. The van der Waals surface area contributed by atoms with Gasteiger partial charge in [0.25, 0.3) is 5.56 Å². The maximum atomic E-state index is 12.4. The molecule has 7 nitrogen and oxygen atoms in total. The number of carbonyl (C=O) groups excluding carboxylic acids is 1. The Morgan fingerprint density at radius 3 is 2.96 bits per heavy atom. The molecule has 24 heavy (non-hydrogen) atoms. The highest BCUT2D eigenvalue weighted by Gasteiger charge is 2.28. The number of nitrogens with one attached hydrogen (secondary N) is 1. The highest BCUT2D eigenvalue weighted by molar-refractivity contribution is 5.78. The fourth-order valence-corrected chi connectivity index (χ4v) is 2.88. The average molecular weight is 327 g/mol. The Hall–Kier alpha value is -2.70. The van der Waals surface area contributed by atoms with Gasteiger partial charge in [-0.3, -0.25) is 19.6 Å². The number of nitrogens with zero attached hydrogens (tertiary/aromatic N) is 4. The number of H-pyrrole nitrogens is 1. The zero-order chi connectivity index (χ0) is 17.1. The van der Waals surface area contributed by atoms with E-state index in [-0.39, 0.29) is 17.4 Å². The lowest BCUT2D eigenvalue weighted by Gasteiger charge is -2.17. The van der Waals surface area contributed by atoms with Gasteiger partial charge in [-0.2, -0.15) is 0 Å². The van der Waals surface area contributed by atoms with E-state index in [1.54, 1.807) is 11.1 Å². The average Bonchev–Trinajstić information content (AvgIpc) is 3.05. The smallest absolute Gasteiger partial charge is 0.252 e. The predicted octanol–water partition coefficient (Wildman–Crippen LogP) is 0.790. The van der Waals surface area contributed by atoms with E-state index in [1.165, 1.54) is 6.07 Å². The van der Waals surface area contributed by atoms with E-state index < -0.39 is 0 Å². The first-order chi connectivity index (χ1) is 11.5. The molecule has 3 heterocycles. The van der Waals surface area contributed by atoms with Crippen molar-refractivity contribution in [2.45, 2.75) is 18.8 Å². The summed E-state index contributed by atoms with van der Waals surface area (Å²) in [7, 11) is 3.67. The van der Waals surface area contributed by atoms with Crippen LogP contribution in [-0.2, 0) is 11.2 Å². The summed E-state index contributed by atoms with van der Waals surface area (Å²) in [4.78, 5) is 39.3. The van der Waals surface area contributed by atoms with E-state index in [9.17, 15) is 9.59 Å². The van der Waals surface area contributed by atoms with Gasteiger partial charge < -0.3 is 9.80 Å². The van der Waals surface area contributed by atoms with Crippen LogP contribution in [0.2, 0.25) is 0 Å². The number of rotatable bonds is 4. The lowest BCUT2D eigenvalue weighted by atomic mass is 10.1. The first-order valence-electron chi connectivity index (χ1n) is 7.99. The van der Waals surface area contributed by atoms with E-state index >= 15 is 0 Å². The van der Waals surface area contributed by atoms with Crippen LogP contribution < -0.4 is 10.5 Å². The number of hydrogen-bond acceptors (Lipinski definition) is 5. The van der Waals surface area contributed by atoms with E-state index in [1.807, 2.05) is 37.2 Å².